The number of amides is 3. The number of ether oxygens (including phenoxy) is 1. The summed E-state index contributed by atoms with van der Waals surface area (Å²) in [6.45, 7) is 2.70. The minimum Gasteiger partial charge on any atom is -0.376 e. The molecule has 0 saturated carbocycles. The largest absolute Gasteiger partial charge is 0.376 e. The lowest BCUT2D eigenvalue weighted by Crippen LogP contribution is -2.45. The predicted molar refractivity (Wildman–Crippen MR) is 117 cm³/mol. The van der Waals surface area contributed by atoms with Gasteiger partial charge in [0.15, 0.2) is 5.13 Å². The van der Waals surface area contributed by atoms with E-state index in [4.69, 9.17) is 4.74 Å². The van der Waals surface area contributed by atoms with E-state index in [0.29, 0.717) is 29.4 Å². The second-order valence-corrected chi connectivity index (χ2v) is 8.86. The van der Waals surface area contributed by atoms with Crippen molar-refractivity contribution in [1.82, 2.24) is 9.88 Å². The zero-order chi connectivity index (χ0) is 21.5. The van der Waals surface area contributed by atoms with Crippen LogP contribution < -0.4 is 4.90 Å². The van der Waals surface area contributed by atoms with Crippen molar-refractivity contribution < 1.29 is 19.1 Å². The van der Waals surface area contributed by atoms with Gasteiger partial charge in [0, 0.05) is 6.61 Å². The Balaban J connectivity index is 1.44. The van der Waals surface area contributed by atoms with E-state index < -0.39 is 11.8 Å². The molecule has 158 valence electrons. The van der Waals surface area contributed by atoms with E-state index in [0.717, 1.165) is 33.5 Å². The van der Waals surface area contributed by atoms with Gasteiger partial charge in [0.1, 0.15) is 6.54 Å². The number of fused-ring (bicyclic) bond motifs is 2. The summed E-state index contributed by atoms with van der Waals surface area (Å²) in [6, 6.07) is 12.6. The standard InChI is InChI=1S/C23H21N3O4S/c1-14-8-9-18-19(11-14)31-23(24-18)25(12-15-5-4-10-30-15)20(27)13-26-21(28)16-6-2-3-7-17(16)22(26)29/h2-3,6-9,11,15H,4-5,10,12-13H2,1H3. The summed E-state index contributed by atoms with van der Waals surface area (Å²) in [5, 5.41) is 0.553. The second kappa shape index (κ2) is 7.86. The molecule has 0 N–H and O–H groups in total. The summed E-state index contributed by atoms with van der Waals surface area (Å²) in [6.07, 6.45) is 1.73. The van der Waals surface area contributed by atoms with Gasteiger partial charge in [-0.05, 0) is 49.6 Å². The van der Waals surface area contributed by atoms with Gasteiger partial charge in [-0.3, -0.25) is 24.2 Å². The van der Waals surface area contributed by atoms with Crippen molar-refractivity contribution in [3.8, 4) is 0 Å². The number of aryl methyl sites for hydroxylation is 1. The van der Waals surface area contributed by atoms with E-state index in [1.165, 1.54) is 11.3 Å². The number of anilines is 1. The van der Waals surface area contributed by atoms with Crippen LogP contribution in [-0.2, 0) is 9.53 Å². The molecule has 2 aliphatic rings. The Hall–Kier alpha value is -3.10. The van der Waals surface area contributed by atoms with Crippen molar-refractivity contribution in [2.45, 2.75) is 25.9 Å². The monoisotopic (exact) mass is 435 g/mol. The van der Waals surface area contributed by atoms with Crippen LogP contribution in [0.2, 0.25) is 0 Å². The number of nitrogens with zero attached hydrogens (tertiary/aromatic N) is 3. The molecule has 1 fully saturated rings. The van der Waals surface area contributed by atoms with Crippen LogP contribution in [-0.4, -0.2) is 53.4 Å². The van der Waals surface area contributed by atoms with Crippen LogP contribution in [0.3, 0.4) is 0 Å². The maximum atomic E-state index is 13.4. The van der Waals surface area contributed by atoms with E-state index >= 15 is 0 Å². The number of carbonyl (C=O) groups excluding carboxylic acids is 3. The van der Waals surface area contributed by atoms with Gasteiger partial charge in [-0.1, -0.05) is 29.5 Å². The fourth-order valence-electron chi connectivity index (χ4n) is 4.02. The third-order valence-corrected chi connectivity index (χ3v) is 6.69. The third-order valence-electron chi connectivity index (χ3n) is 5.65. The molecule has 0 spiro atoms. The van der Waals surface area contributed by atoms with Gasteiger partial charge < -0.3 is 4.74 Å². The highest BCUT2D eigenvalue weighted by atomic mass is 32.1. The van der Waals surface area contributed by atoms with Crippen molar-refractivity contribution in [2.75, 3.05) is 24.6 Å². The second-order valence-electron chi connectivity index (χ2n) is 7.85. The first-order valence-electron chi connectivity index (χ1n) is 10.3. The summed E-state index contributed by atoms with van der Waals surface area (Å²) in [5.41, 5.74) is 2.60. The van der Waals surface area contributed by atoms with Crippen molar-refractivity contribution in [3.63, 3.8) is 0 Å². The summed E-state index contributed by atoms with van der Waals surface area (Å²) < 4.78 is 6.73. The lowest BCUT2D eigenvalue weighted by atomic mass is 10.1. The fraction of sp³-hybridized carbons (Fsp3) is 0.304. The molecule has 5 rings (SSSR count). The molecule has 0 radical (unpaired) electrons. The van der Waals surface area contributed by atoms with Gasteiger partial charge in [-0.25, -0.2) is 4.98 Å². The Labute approximate surface area is 183 Å². The summed E-state index contributed by atoms with van der Waals surface area (Å²) in [5.74, 6) is -1.22. The van der Waals surface area contributed by atoms with Crippen LogP contribution in [0.1, 0.15) is 39.1 Å². The maximum Gasteiger partial charge on any atom is 0.262 e. The third kappa shape index (κ3) is 3.62. The van der Waals surface area contributed by atoms with Gasteiger partial charge in [-0.2, -0.15) is 0 Å². The molecule has 1 atom stereocenters. The molecule has 7 nitrogen and oxygen atoms in total. The molecule has 2 aliphatic heterocycles. The van der Waals surface area contributed by atoms with Crippen LogP contribution in [0.15, 0.2) is 42.5 Å². The molecule has 2 aromatic carbocycles. The predicted octanol–water partition coefficient (Wildman–Crippen LogP) is 3.41. The smallest absolute Gasteiger partial charge is 0.262 e. The Bertz CT molecular complexity index is 1160. The number of imide groups is 1. The Morgan fingerprint density at radius 3 is 2.61 bits per heavy atom. The number of rotatable bonds is 5. The minimum absolute atomic E-state index is 0.0834. The first-order valence-corrected chi connectivity index (χ1v) is 11.1. The molecule has 1 unspecified atom stereocenters. The highest BCUT2D eigenvalue weighted by Gasteiger charge is 2.38. The SMILES string of the molecule is Cc1ccc2nc(N(CC3CCCO3)C(=O)CN3C(=O)c4ccccc4C3=O)sc2c1. The molecule has 31 heavy (non-hydrogen) atoms. The van der Waals surface area contributed by atoms with E-state index in [-0.39, 0.29) is 18.6 Å². The first kappa shape index (κ1) is 19.8. The van der Waals surface area contributed by atoms with Crippen molar-refractivity contribution in [2.24, 2.45) is 0 Å². The quantitative estimate of drug-likeness (QED) is 0.574. The highest BCUT2D eigenvalue weighted by Crippen LogP contribution is 2.31. The number of hydrogen-bond acceptors (Lipinski definition) is 6. The Kier molecular flexibility index (Phi) is 5.03. The van der Waals surface area contributed by atoms with Crippen LogP contribution >= 0.6 is 11.3 Å². The molecular formula is C23H21N3O4S. The Morgan fingerprint density at radius 2 is 1.94 bits per heavy atom. The zero-order valence-electron chi connectivity index (χ0n) is 17.0. The maximum absolute atomic E-state index is 13.4. The van der Waals surface area contributed by atoms with Crippen LogP contribution in [0, 0.1) is 6.92 Å². The van der Waals surface area contributed by atoms with E-state index in [9.17, 15) is 14.4 Å². The van der Waals surface area contributed by atoms with Gasteiger partial charge in [-0.15, -0.1) is 0 Å². The number of thiazole rings is 1. The van der Waals surface area contributed by atoms with Gasteiger partial charge in [0.25, 0.3) is 11.8 Å². The van der Waals surface area contributed by atoms with E-state index in [1.54, 1.807) is 29.2 Å². The summed E-state index contributed by atoms with van der Waals surface area (Å²) >= 11 is 1.43. The van der Waals surface area contributed by atoms with E-state index in [1.807, 2.05) is 25.1 Å². The molecule has 1 saturated heterocycles. The van der Waals surface area contributed by atoms with Crippen LogP contribution in [0.5, 0.6) is 0 Å². The van der Waals surface area contributed by atoms with Gasteiger partial charge in [0.2, 0.25) is 5.91 Å². The highest BCUT2D eigenvalue weighted by molar-refractivity contribution is 7.22. The van der Waals surface area contributed by atoms with Crippen molar-refractivity contribution >= 4 is 44.4 Å². The van der Waals surface area contributed by atoms with Crippen molar-refractivity contribution in [3.05, 3.63) is 59.2 Å². The number of carbonyl (C=O) groups is 3. The molecule has 1 aromatic heterocycles. The van der Waals surface area contributed by atoms with Gasteiger partial charge >= 0.3 is 0 Å². The lowest BCUT2D eigenvalue weighted by Gasteiger charge is -2.25. The number of aromatic nitrogens is 1. The van der Waals surface area contributed by atoms with Crippen molar-refractivity contribution in [1.29, 1.82) is 0 Å². The molecule has 3 aromatic rings. The molecule has 3 heterocycles. The van der Waals surface area contributed by atoms with E-state index in [2.05, 4.69) is 4.98 Å². The topological polar surface area (TPSA) is 79.8 Å². The number of hydrogen-bond donors (Lipinski definition) is 0. The fourth-order valence-corrected chi connectivity index (χ4v) is 5.11. The number of benzene rings is 2. The molecular weight excluding hydrogens is 414 g/mol. The van der Waals surface area contributed by atoms with Crippen LogP contribution in [0.25, 0.3) is 10.2 Å². The van der Waals surface area contributed by atoms with Gasteiger partial charge in [0.05, 0.1) is 34.0 Å². The summed E-state index contributed by atoms with van der Waals surface area (Å²) in [7, 11) is 0. The molecule has 0 bridgehead atoms. The average Bonchev–Trinajstić information content (AvgIpc) is 3.48. The minimum atomic E-state index is -0.439. The molecule has 3 amide bonds. The zero-order valence-corrected chi connectivity index (χ0v) is 17.9. The normalized spacial score (nSPS) is 18.1. The first-order chi connectivity index (χ1) is 15.0. The average molecular weight is 436 g/mol. The molecule has 8 heteroatoms. The van der Waals surface area contributed by atoms with Crippen LogP contribution in [0.4, 0.5) is 5.13 Å². The molecule has 0 aliphatic carbocycles. The Morgan fingerprint density at radius 1 is 1.19 bits per heavy atom. The summed E-state index contributed by atoms with van der Waals surface area (Å²) in [4.78, 5) is 46.0. The lowest BCUT2D eigenvalue weighted by molar-refractivity contribution is -0.119.